The molecule has 0 unspecified atom stereocenters. The highest BCUT2D eigenvalue weighted by atomic mass is 32.1. The number of fused-ring (bicyclic) bond motifs is 1. The summed E-state index contributed by atoms with van der Waals surface area (Å²) < 4.78 is 12.0. The Morgan fingerprint density at radius 3 is 2.71 bits per heavy atom. The van der Waals surface area contributed by atoms with Crippen molar-refractivity contribution in [2.45, 2.75) is 39.4 Å². The summed E-state index contributed by atoms with van der Waals surface area (Å²) in [5.41, 5.74) is 2.49. The SMILES string of the molecule is Cc1nnc(NC(=O)c2ccc(COc3cccc4c3OC(C)(C)C4)cc2)s1. The lowest BCUT2D eigenvalue weighted by molar-refractivity contribution is 0.102. The number of nitrogens with zero attached hydrogens (tertiary/aromatic N) is 2. The van der Waals surface area contributed by atoms with E-state index >= 15 is 0 Å². The van der Waals surface area contributed by atoms with Crippen molar-refractivity contribution < 1.29 is 14.3 Å². The van der Waals surface area contributed by atoms with E-state index in [0.29, 0.717) is 17.3 Å². The summed E-state index contributed by atoms with van der Waals surface area (Å²) in [6.45, 7) is 6.39. The molecule has 0 fully saturated rings. The van der Waals surface area contributed by atoms with Crippen LogP contribution in [0.5, 0.6) is 11.5 Å². The number of nitrogens with one attached hydrogen (secondary N) is 1. The molecule has 28 heavy (non-hydrogen) atoms. The van der Waals surface area contributed by atoms with E-state index in [9.17, 15) is 4.79 Å². The largest absolute Gasteiger partial charge is 0.485 e. The molecule has 1 amide bonds. The van der Waals surface area contributed by atoms with Gasteiger partial charge in [-0.15, -0.1) is 10.2 Å². The van der Waals surface area contributed by atoms with Gasteiger partial charge in [0.2, 0.25) is 5.13 Å². The molecule has 0 spiro atoms. The smallest absolute Gasteiger partial charge is 0.257 e. The lowest BCUT2D eigenvalue weighted by Crippen LogP contribution is -2.24. The molecule has 6 nitrogen and oxygen atoms in total. The van der Waals surface area contributed by atoms with E-state index in [2.05, 4.69) is 35.4 Å². The van der Waals surface area contributed by atoms with Gasteiger partial charge in [0.1, 0.15) is 17.2 Å². The molecule has 144 valence electrons. The predicted molar refractivity (Wildman–Crippen MR) is 108 cm³/mol. The van der Waals surface area contributed by atoms with Crippen LogP contribution < -0.4 is 14.8 Å². The van der Waals surface area contributed by atoms with E-state index in [4.69, 9.17) is 9.47 Å². The van der Waals surface area contributed by atoms with Crippen LogP contribution in [0.1, 0.15) is 40.3 Å². The molecule has 1 aliphatic heterocycles. The average molecular weight is 395 g/mol. The molecule has 3 aromatic rings. The van der Waals surface area contributed by atoms with Gasteiger partial charge in [-0.25, -0.2) is 0 Å². The number of para-hydroxylation sites is 1. The van der Waals surface area contributed by atoms with E-state index in [1.54, 1.807) is 12.1 Å². The highest BCUT2D eigenvalue weighted by Gasteiger charge is 2.32. The fourth-order valence-electron chi connectivity index (χ4n) is 3.13. The second kappa shape index (κ2) is 7.24. The van der Waals surface area contributed by atoms with Crippen LogP contribution in [0.2, 0.25) is 0 Å². The minimum atomic E-state index is -0.208. The van der Waals surface area contributed by atoms with Gasteiger partial charge in [0.15, 0.2) is 11.5 Å². The maximum Gasteiger partial charge on any atom is 0.257 e. The van der Waals surface area contributed by atoms with Crippen molar-refractivity contribution in [3.63, 3.8) is 0 Å². The van der Waals surface area contributed by atoms with Gasteiger partial charge in [0, 0.05) is 17.5 Å². The van der Waals surface area contributed by atoms with Crippen molar-refractivity contribution in [1.29, 1.82) is 0 Å². The Morgan fingerprint density at radius 2 is 2.00 bits per heavy atom. The first kappa shape index (κ1) is 18.4. The lowest BCUT2D eigenvalue weighted by atomic mass is 10.0. The Morgan fingerprint density at radius 1 is 1.21 bits per heavy atom. The molecule has 0 aliphatic carbocycles. The average Bonchev–Trinajstić information content (AvgIpc) is 3.21. The first-order chi connectivity index (χ1) is 13.4. The number of aromatic nitrogens is 2. The minimum absolute atomic E-state index is 0.206. The van der Waals surface area contributed by atoms with Crippen molar-refractivity contribution in [3.05, 3.63) is 64.2 Å². The highest BCUT2D eigenvalue weighted by molar-refractivity contribution is 7.15. The molecule has 0 radical (unpaired) electrons. The number of carbonyl (C=O) groups is 1. The lowest BCUT2D eigenvalue weighted by Gasteiger charge is -2.18. The van der Waals surface area contributed by atoms with E-state index < -0.39 is 0 Å². The number of amides is 1. The normalized spacial score (nSPS) is 14.2. The molecule has 1 aliphatic rings. The number of hydrogen-bond acceptors (Lipinski definition) is 6. The van der Waals surface area contributed by atoms with E-state index in [-0.39, 0.29) is 11.5 Å². The molecule has 1 N–H and O–H groups in total. The van der Waals surface area contributed by atoms with Crippen LogP contribution in [0, 0.1) is 6.92 Å². The second-order valence-electron chi connectivity index (χ2n) is 7.35. The summed E-state index contributed by atoms with van der Waals surface area (Å²) >= 11 is 1.34. The van der Waals surface area contributed by atoms with Gasteiger partial charge in [-0.3, -0.25) is 10.1 Å². The van der Waals surface area contributed by atoms with Crippen LogP contribution in [0.25, 0.3) is 0 Å². The molecule has 2 heterocycles. The monoisotopic (exact) mass is 395 g/mol. The summed E-state index contributed by atoms with van der Waals surface area (Å²) in [5, 5.41) is 11.9. The standard InChI is InChI=1S/C21H21N3O3S/c1-13-23-24-20(28-13)22-19(25)15-9-7-14(8-10-15)12-26-17-6-4-5-16-11-21(2,3)27-18(16)17/h4-10H,11-12H2,1-3H3,(H,22,24,25). The molecule has 2 aromatic carbocycles. The Kier molecular flexibility index (Phi) is 4.77. The second-order valence-corrected chi connectivity index (χ2v) is 8.53. The van der Waals surface area contributed by atoms with Gasteiger partial charge in [0.05, 0.1) is 0 Å². The zero-order chi connectivity index (χ0) is 19.7. The van der Waals surface area contributed by atoms with Crippen LogP contribution in [0.3, 0.4) is 0 Å². The Hall–Kier alpha value is -2.93. The number of rotatable bonds is 5. The minimum Gasteiger partial charge on any atom is -0.485 e. The molecule has 0 saturated heterocycles. The number of hydrogen-bond donors (Lipinski definition) is 1. The van der Waals surface area contributed by atoms with Gasteiger partial charge in [-0.2, -0.15) is 0 Å². The van der Waals surface area contributed by atoms with Gasteiger partial charge in [-0.1, -0.05) is 35.6 Å². The molecule has 0 saturated carbocycles. The first-order valence-corrected chi connectivity index (χ1v) is 9.85. The van der Waals surface area contributed by atoms with Crippen molar-refractivity contribution in [2.75, 3.05) is 5.32 Å². The van der Waals surface area contributed by atoms with Crippen LogP contribution in [0.4, 0.5) is 5.13 Å². The Balaban J connectivity index is 1.39. The number of carbonyl (C=O) groups excluding carboxylic acids is 1. The molecule has 4 rings (SSSR count). The molecule has 7 heteroatoms. The van der Waals surface area contributed by atoms with Gasteiger partial charge >= 0.3 is 0 Å². The van der Waals surface area contributed by atoms with E-state index in [0.717, 1.165) is 28.5 Å². The Labute approximate surface area is 167 Å². The third-order valence-corrected chi connectivity index (χ3v) is 5.17. The van der Waals surface area contributed by atoms with Crippen LogP contribution in [0.15, 0.2) is 42.5 Å². The third kappa shape index (κ3) is 3.99. The van der Waals surface area contributed by atoms with Crippen LogP contribution in [-0.2, 0) is 13.0 Å². The summed E-state index contributed by atoms with van der Waals surface area (Å²) in [6, 6.07) is 13.3. The zero-order valence-corrected chi connectivity index (χ0v) is 16.8. The first-order valence-electron chi connectivity index (χ1n) is 9.04. The molecule has 1 aromatic heterocycles. The number of benzene rings is 2. The van der Waals surface area contributed by atoms with E-state index in [1.807, 2.05) is 31.2 Å². The third-order valence-electron chi connectivity index (χ3n) is 4.41. The van der Waals surface area contributed by atoms with Crippen LogP contribution in [-0.4, -0.2) is 21.7 Å². The number of anilines is 1. The maximum atomic E-state index is 12.3. The number of aryl methyl sites for hydroxylation is 1. The van der Waals surface area contributed by atoms with Crippen molar-refractivity contribution in [3.8, 4) is 11.5 Å². The maximum absolute atomic E-state index is 12.3. The summed E-state index contributed by atoms with van der Waals surface area (Å²) in [4.78, 5) is 12.3. The molecular weight excluding hydrogens is 374 g/mol. The summed E-state index contributed by atoms with van der Waals surface area (Å²) in [6.07, 6.45) is 0.873. The summed E-state index contributed by atoms with van der Waals surface area (Å²) in [7, 11) is 0. The molecule has 0 bridgehead atoms. The highest BCUT2D eigenvalue weighted by Crippen LogP contribution is 2.41. The topological polar surface area (TPSA) is 73.3 Å². The summed E-state index contributed by atoms with van der Waals surface area (Å²) in [5.74, 6) is 1.37. The predicted octanol–water partition coefficient (Wildman–Crippen LogP) is 4.39. The van der Waals surface area contributed by atoms with Gasteiger partial charge in [-0.05, 0) is 44.5 Å². The fourth-order valence-corrected chi connectivity index (χ4v) is 3.72. The van der Waals surface area contributed by atoms with Crippen LogP contribution >= 0.6 is 11.3 Å². The van der Waals surface area contributed by atoms with Gasteiger partial charge < -0.3 is 9.47 Å². The van der Waals surface area contributed by atoms with Gasteiger partial charge in [0.25, 0.3) is 5.91 Å². The zero-order valence-electron chi connectivity index (χ0n) is 16.0. The Bertz CT molecular complexity index is 1010. The molecule has 0 atom stereocenters. The van der Waals surface area contributed by atoms with Crippen molar-refractivity contribution >= 4 is 22.4 Å². The van der Waals surface area contributed by atoms with Crippen molar-refractivity contribution in [2.24, 2.45) is 0 Å². The fraction of sp³-hybridized carbons (Fsp3) is 0.286. The van der Waals surface area contributed by atoms with Crippen molar-refractivity contribution in [1.82, 2.24) is 10.2 Å². The van der Waals surface area contributed by atoms with E-state index in [1.165, 1.54) is 16.9 Å². The quantitative estimate of drug-likeness (QED) is 0.693. The molecular formula is C21H21N3O3S. The number of ether oxygens (including phenoxy) is 2.